The first-order valence-corrected chi connectivity index (χ1v) is 7.46. The molecule has 1 aliphatic carbocycles. The molecule has 0 bridgehead atoms. The second-order valence-electron chi connectivity index (χ2n) is 5.49. The summed E-state index contributed by atoms with van der Waals surface area (Å²) in [4.78, 5) is 12.3. The molecule has 20 heavy (non-hydrogen) atoms. The van der Waals surface area contributed by atoms with Crippen LogP contribution in [0.4, 0.5) is 0 Å². The van der Waals surface area contributed by atoms with Crippen molar-refractivity contribution in [2.75, 3.05) is 6.61 Å². The summed E-state index contributed by atoms with van der Waals surface area (Å²) in [5.74, 6) is -0.162. The zero-order chi connectivity index (χ0) is 14.1. The Balaban J connectivity index is 2.19. The number of aromatic nitrogens is 1. The predicted octanol–water partition coefficient (Wildman–Crippen LogP) is 3.55. The van der Waals surface area contributed by atoms with Crippen molar-refractivity contribution in [1.82, 2.24) is 4.57 Å². The Morgan fingerprint density at radius 1 is 1.35 bits per heavy atom. The van der Waals surface area contributed by atoms with E-state index in [0.717, 1.165) is 25.7 Å². The van der Waals surface area contributed by atoms with Crippen LogP contribution in [0.3, 0.4) is 0 Å². The van der Waals surface area contributed by atoms with Gasteiger partial charge in [-0.1, -0.05) is 24.6 Å². The molecule has 1 unspecified atom stereocenters. The number of hydrogen-bond donors (Lipinski definition) is 0. The zero-order valence-corrected chi connectivity index (χ0v) is 12.2. The van der Waals surface area contributed by atoms with E-state index in [9.17, 15) is 4.79 Å². The lowest BCUT2D eigenvalue weighted by Gasteiger charge is -2.14. The highest BCUT2D eigenvalue weighted by atomic mass is 16.5. The fourth-order valence-electron chi connectivity index (χ4n) is 3.43. The van der Waals surface area contributed by atoms with E-state index in [1.165, 1.54) is 22.2 Å². The molecule has 1 heterocycles. The molecule has 1 aromatic heterocycles. The van der Waals surface area contributed by atoms with Crippen LogP contribution >= 0.6 is 0 Å². The van der Waals surface area contributed by atoms with Gasteiger partial charge in [0, 0.05) is 23.6 Å². The summed E-state index contributed by atoms with van der Waals surface area (Å²) in [5, 5.41) is 1.21. The molecule has 2 aromatic rings. The summed E-state index contributed by atoms with van der Waals surface area (Å²) in [6, 6.07) is 8.37. The monoisotopic (exact) mass is 271 g/mol. The molecule has 3 nitrogen and oxygen atoms in total. The molecule has 0 radical (unpaired) electrons. The maximum absolute atomic E-state index is 12.3. The lowest BCUT2D eigenvalue weighted by atomic mass is 9.93. The Bertz CT molecular complexity index is 642. The summed E-state index contributed by atoms with van der Waals surface area (Å²) >= 11 is 0. The number of carbonyl (C=O) groups excluding carboxylic acids is 1. The molecule has 0 aliphatic heterocycles. The van der Waals surface area contributed by atoms with Gasteiger partial charge in [-0.05, 0) is 37.8 Å². The van der Waals surface area contributed by atoms with Crippen molar-refractivity contribution < 1.29 is 9.53 Å². The largest absolute Gasteiger partial charge is 0.466 e. The molecule has 0 spiro atoms. The number of fused-ring (bicyclic) bond motifs is 3. The van der Waals surface area contributed by atoms with Crippen LogP contribution in [0.25, 0.3) is 10.9 Å². The van der Waals surface area contributed by atoms with Gasteiger partial charge in [0.2, 0.25) is 0 Å². The summed E-state index contributed by atoms with van der Waals surface area (Å²) in [7, 11) is 2.11. The molecule has 3 heteroatoms. The molecule has 1 aromatic carbocycles. The van der Waals surface area contributed by atoms with Crippen molar-refractivity contribution in [1.29, 1.82) is 0 Å². The standard InChI is InChI=1S/C17H21NO2/c1-3-20-17(19)13-9-5-7-11-15-16(13)12-8-4-6-10-14(12)18(15)2/h4,6,8,10,13H,3,5,7,9,11H2,1-2H3. The highest BCUT2D eigenvalue weighted by molar-refractivity contribution is 5.92. The lowest BCUT2D eigenvalue weighted by molar-refractivity contribution is -0.145. The van der Waals surface area contributed by atoms with E-state index in [1.807, 2.05) is 6.92 Å². The molecule has 106 valence electrons. The van der Waals surface area contributed by atoms with Crippen molar-refractivity contribution in [2.45, 2.75) is 38.5 Å². The Morgan fingerprint density at radius 2 is 2.15 bits per heavy atom. The predicted molar refractivity (Wildman–Crippen MR) is 79.8 cm³/mol. The average Bonchev–Trinajstić information content (AvgIpc) is 2.64. The molecular weight excluding hydrogens is 250 g/mol. The van der Waals surface area contributed by atoms with Crippen LogP contribution in [-0.2, 0) is 23.0 Å². The Hall–Kier alpha value is -1.77. The first-order chi connectivity index (χ1) is 9.74. The summed E-state index contributed by atoms with van der Waals surface area (Å²) in [6.07, 6.45) is 4.19. The Kier molecular flexibility index (Phi) is 3.51. The second-order valence-corrected chi connectivity index (χ2v) is 5.49. The topological polar surface area (TPSA) is 31.2 Å². The van der Waals surface area contributed by atoms with E-state index in [-0.39, 0.29) is 11.9 Å². The maximum atomic E-state index is 12.3. The summed E-state index contributed by atoms with van der Waals surface area (Å²) in [6.45, 7) is 2.33. The Labute approximate surface area is 119 Å². The van der Waals surface area contributed by atoms with Crippen LogP contribution in [0.1, 0.15) is 43.4 Å². The van der Waals surface area contributed by atoms with Crippen molar-refractivity contribution in [3.8, 4) is 0 Å². The molecular formula is C17H21NO2. The maximum Gasteiger partial charge on any atom is 0.313 e. The van der Waals surface area contributed by atoms with Gasteiger partial charge < -0.3 is 9.30 Å². The van der Waals surface area contributed by atoms with E-state index in [2.05, 4.69) is 35.9 Å². The molecule has 1 atom stereocenters. The molecule has 0 saturated heterocycles. The SMILES string of the molecule is CCOC(=O)C1CCCCc2c1c1ccccc1n2C. The van der Waals surface area contributed by atoms with E-state index in [4.69, 9.17) is 4.74 Å². The summed E-state index contributed by atoms with van der Waals surface area (Å²) < 4.78 is 7.56. The molecule has 0 saturated carbocycles. The third-order valence-corrected chi connectivity index (χ3v) is 4.35. The van der Waals surface area contributed by atoms with Crippen LogP contribution in [0.5, 0.6) is 0 Å². The van der Waals surface area contributed by atoms with Gasteiger partial charge in [0.05, 0.1) is 12.5 Å². The lowest BCUT2D eigenvalue weighted by Crippen LogP contribution is -2.16. The fraction of sp³-hybridized carbons (Fsp3) is 0.471. The quantitative estimate of drug-likeness (QED) is 0.618. The number of nitrogens with zero attached hydrogens (tertiary/aromatic N) is 1. The number of para-hydroxylation sites is 1. The van der Waals surface area contributed by atoms with Gasteiger partial charge in [-0.2, -0.15) is 0 Å². The normalized spacial score (nSPS) is 18.6. The minimum absolute atomic E-state index is 0.0630. The van der Waals surface area contributed by atoms with Crippen molar-refractivity contribution in [3.63, 3.8) is 0 Å². The second kappa shape index (κ2) is 5.31. The van der Waals surface area contributed by atoms with Crippen LogP contribution in [0.15, 0.2) is 24.3 Å². The summed E-state index contributed by atoms with van der Waals surface area (Å²) in [5.41, 5.74) is 3.73. The number of hydrogen-bond acceptors (Lipinski definition) is 2. The van der Waals surface area contributed by atoms with Gasteiger partial charge in [-0.3, -0.25) is 4.79 Å². The molecule has 1 aliphatic rings. The van der Waals surface area contributed by atoms with Gasteiger partial charge >= 0.3 is 5.97 Å². The third-order valence-electron chi connectivity index (χ3n) is 4.35. The van der Waals surface area contributed by atoms with E-state index < -0.39 is 0 Å². The molecule has 0 N–H and O–H groups in total. The minimum Gasteiger partial charge on any atom is -0.466 e. The van der Waals surface area contributed by atoms with E-state index in [1.54, 1.807) is 0 Å². The highest BCUT2D eigenvalue weighted by Gasteiger charge is 2.30. The van der Waals surface area contributed by atoms with Gasteiger partial charge in [-0.25, -0.2) is 0 Å². The van der Waals surface area contributed by atoms with Crippen molar-refractivity contribution >= 4 is 16.9 Å². The number of esters is 1. The Morgan fingerprint density at radius 3 is 2.95 bits per heavy atom. The van der Waals surface area contributed by atoms with Gasteiger partial charge in [0.1, 0.15) is 0 Å². The van der Waals surface area contributed by atoms with Crippen molar-refractivity contribution in [2.24, 2.45) is 7.05 Å². The van der Waals surface area contributed by atoms with Gasteiger partial charge in [0.25, 0.3) is 0 Å². The van der Waals surface area contributed by atoms with Crippen LogP contribution in [-0.4, -0.2) is 17.1 Å². The first kappa shape index (κ1) is 13.2. The molecule has 0 amide bonds. The average molecular weight is 271 g/mol. The highest BCUT2D eigenvalue weighted by Crippen LogP contribution is 2.38. The number of rotatable bonds is 2. The van der Waals surface area contributed by atoms with Crippen LogP contribution in [0.2, 0.25) is 0 Å². The molecule has 3 rings (SSSR count). The first-order valence-electron chi connectivity index (χ1n) is 7.46. The zero-order valence-electron chi connectivity index (χ0n) is 12.2. The number of ether oxygens (including phenoxy) is 1. The van der Waals surface area contributed by atoms with E-state index in [0.29, 0.717) is 6.61 Å². The minimum atomic E-state index is -0.0986. The third kappa shape index (κ3) is 2.01. The molecule has 0 fully saturated rings. The van der Waals surface area contributed by atoms with Crippen molar-refractivity contribution in [3.05, 3.63) is 35.5 Å². The van der Waals surface area contributed by atoms with Gasteiger partial charge in [0.15, 0.2) is 0 Å². The van der Waals surface area contributed by atoms with Gasteiger partial charge in [-0.15, -0.1) is 0 Å². The van der Waals surface area contributed by atoms with E-state index >= 15 is 0 Å². The number of carbonyl (C=O) groups is 1. The fourth-order valence-corrected chi connectivity index (χ4v) is 3.43. The van der Waals surface area contributed by atoms with Crippen LogP contribution < -0.4 is 0 Å². The smallest absolute Gasteiger partial charge is 0.313 e. The number of aryl methyl sites for hydroxylation is 1. The number of benzene rings is 1. The van der Waals surface area contributed by atoms with Crippen LogP contribution in [0, 0.1) is 0 Å².